The van der Waals surface area contributed by atoms with Crippen LogP contribution in [0, 0.1) is 5.92 Å². The predicted octanol–water partition coefficient (Wildman–Crippen LogP) is 6.88. The molecule has 9 heteroatoms. The van der Waals surface area contributed by atoms with E-state index in [0.29, 0.717) is 26.1 Å². The molecule has 0 bridgehead atoms. The molecule has 2 aromatic carbocycles. The first-order valence-corrected chi connectivity index (χ1v) is 14.0. The molecular weight excluding hydrogens is 531 g/mol. The Balaban J connectivity index is 1.81. The number of rotatable bonds is 13. The number of methoxy groups -OCH3 is 1. The van der Waals surface area contributed by atoms with Gasteiger partial charge in [0.15, 0.2) is 0 Å². The number of carbonyl (C=O) groups is 2. The van der Waals surface area contributed by atoms with Gasteiger partial charge in [0.05, 0.1) is 19.2 Å². The molecule has 0 aliphatic heterocycles. The van der Waals surface area contributed by atoms with Crippen molar-refractivity contribution in [1.29, 1.82) is 0 Å². The van der Waals surface area contributed by atoms with Gasteiger partial charge in [-0.3, -0.25) is 9.59 Å². The van der Waals surface area contributed by atoms with Gasteiger partial charge in [-0.2, -0.15) is 13.2 Å². The summed E-state index contributed by atoms with van der Waals surface area (Å²) in [5.74, 6) is 0.376. The number of aromatic nitrogens is 1. The number of alkyl halides is 3. The van der Waals surface area contributed by atoms with Crippen molar-refractivity contribution in [1.82, 2.24) is 14.4 Å². The molecule has 41 heavy (non-hydrogen) atoms. The van der Waals surface area contributed by atoms with Crippen molar-refractivity contribution in [3.63, 3.8) is 0 Å². The van der Waals surface area contributed by atoms with Gasteiger partial charge in [0.2, 0.25) is 5.91 Å². The highest BCUT2D eigenvalue weighted by atomic mass is 19.4. The summed E-state index contributed by atoms with van der Waals surface area (Å²) in [6.07, 6.45) is -1.14. The van der Waals surface area contributed by atoms with Crippen LogP contribution >= 0.6 is 0 Å². The van der Waals surface area contributed by atoms with Gasteiger partial charge in [0.25, 0.3) is 5.91 Å². The number of ether oxygens (including phenoxy) is 1. The van der Waals surface area contributed by atoms with E-state index in [1.54, 1.807) is 12.0 Å². The lowest BCUT2D eigenvalue weighted by Gasteiger charge is -2.32. The zero-order valence-corrected chi connectivity index (χ0v) is 24.4. The van der Waals surface area contributed by atoms with Crippen LogP contribution in [0.15, 0.2) is 66.9 Å². The van der Waals surface area contributed by atoms with Crippen molar-refractivity contribution in [2.45, 2.75) is 65.8 Å². The van der Waals surface area contributed by atoms with Gasteiger partial charge in [0.1, 0.15) is 12.3 Å². The minimum absolute atomic E-state index is 0.0872. The molecule has 0 radical (unpaired) electrons. The molecule has 1 aromatic heterocycles. The predicted molar refractivity (Wildman–Crippen MR) is 154 cm³/mol. The molecule has 0 saturated carbocycles. The lowest BCUT2D eigenvalue weighted by Crippen LogP contribution is -2.46. The summed E-state index contributed by atoms with van der Waals surface area (Å²) >= 11 is 0. The van der Waals surface area contributed by atoms with Gasteiger partial charge >= 0.3 is 6.18 Å². The zero-order valence-electron chi connectivity index (χ0n) is 24.4. The Bertz CT molecular complexity index is 1290. The highest BCUT2D eigenvalue weighted by Gasteiger charge is 2.31. The van der Waals surface area contributed by atoms with Crippen LogP contribution in [0.2, 0.25) is 0 Å². The Morgan fingerprint density at radius 1 is 1.00 bits per heavy atom. The fourth-order valence-corrected chi connectivity index (χ4v) is 4.50. The van der Waals surface area contributed by atoms with E-state index >= 15 is 0 Å². The van der Waals surface area contributed by atoms with Crippen molar-refractivity contribution in [3.05, 3.63) is 89.2 Å². The minimum atomic E-state index is -4.49. The topological polar surface area (TPSA) is 54.8 Å². The van der Waals surface area contributed by atoms with Gasteiger partial charge in [-0.25, -0.2) is 0 Å². The molecule has 6 nitrogen and oxygen atoms in total. The van der Waals surface area contributed by atoms with E-state index in [0.717, 1.165) is 35.6 Å². The summed E-state index contributed by atoms with van der Waals surface area (Å²) in [6, 6.07) is 15.8. The molecular formula is C32H40F3N3O3. The standard InChI is InChI=1S/C32H40F3N3O3/c1-6-24(4)38(21-28-10-8-17-36(28)20-25-9-7-11-29(19-25)41-5)30(39)22-37(18-16-23(2)3)31(40)26-12-14-27(15-13-26)32(33,34)35/h7-15,17,19,23-24H,6,16,18,20-22H2,1-5H3. The molecule has 222 valence electrons. The fourth-order valence-electron chi connectivity index (χ4n) is 4.50. The maximum atomic E-state index is 13.8. The van der Waals surface area contributed by atoms with Crippen LogP contribution in [-0.2, 0) is 24.1 Å². The van der Waals surface area contributed by atoms with E-state index < -0.39 is 17.6 Å². The Morgan fingerprint density at radius 3 is 2.32 bits per heavy atom. The third-order valence-electron chi connectivity index (χ3n) is 7.24. The first-order chi connectivity index (χ1) is 19.4. The normalized spacial score (nSPS) is 12.3. The molecule has 1 heterocycles. The van der Waals surface area contributed by atoms with E-state index in [1.165, 1.54) is 17.0 Å². The van der Waals surface area contributed by atoms with Crippen molar-refractivity contribution in [2.24, 2.45) is 5.92 Å². The zero-order chi connectivity index (χ0) is 30.2. The Morgan fingerprint density at radius 2 is 1.71 bits per heavy atom. The van der Waals surface area contributed by atoms with E-state index in [4.69, 9.17) is 4.74 Å². The number of hydrogen-bond acceptors (Lipinski definition) is 3. The fraction of sp³-hybridized carbons (Fsp3) is 0.438. The molecule has 0 fully saturated rings. The molecule has 3 rings (SSSR count). The third kappa shape index (κ3) is 8.87. The first-order valence-electron chi connectivity index (χ1n) is 14.0. The number of nitrogens with zero attached hydrogens (tertiary/aromatic N) is 3. The Hall–Kier alpha value is -3.75. The summed E-state index contributed by atoms with van der Waals surface area (Å²) in [5, 5.41) is 0. The minimum Gasteiger partial charge on any atom is -0.497 e. The summed E-state index contributed by atoms with van der Waals surface area (Å²) in [6.45, 7) is 9.15. The number of benzene rings is 2. The smallest absolute Gasteiger partial charge is 0.416 e. The average molecular weight is 572 g/mol. The second-order valence-corrected chi connectivity index (χ2v) is 10.7. The van der Waals surface area contributed by atoms with Crippen LogP contribution in [-0.4, -0.2) is 52.4 Å². The highest BCUT2D eigenvalue weighted by molar-refractivity contribution is 5.96. The highest BCUT2D eigenvalue weighted by Crippen LogP contribution is 2.29. The van der Waals surface area contributed by atoms with Crippen LogP contribution < -0.4 is 4.74 Å². The molecule has 2 amide bonds. The van der Waals surface area contributed by atoms with Crippen LogP contribution in [0.4, 0.5) is 13.2 Å². The maximum Gasteiger partial charge on any atom is 0.416 e. The van der Waals surface area contributed by atoms with Crippen molar-refractivity contribution < 1.29 is 27.5 Å². The molecule has 0 saturated heterocycles. The third-order valence-corrected chi connectivity index (χ3v) is 7.24. The first kappa shape index (κ1) is 31.8. The SMILES string of the molecule is CCC(C)N(Cc1cccn1Cc1cccc(OC)c1)C(=O)CN(CCC(C)C)C(=O)c1ccc(C(F)(F)F)cc1. The largest absolute Gasteiger partial charge is 0.497 e. The van der Waals surface area contributed by atoms with Gasteiger partial charge < -0.3 is 19.1 Å². The molecule has 3 aromatic rings. The monoisotopic (exact) mass is 571 g/mol. The molecule has 1 unspecified atom stereocenters. The molecule has 0 aliphatic rings. The van der Waals surface area contributed by atoms with Crippen LogP contribution in [0.25, 0.3) is 0 Å². The summed E-state index contributed by atoms with van der Waals surface area (Å²) in [7, 11) is 1.63. The van der Waals surface area contributed by atoms with Gasteiger partial charge in [-0.15, -0.1) is 0 Å². The van der Waals surface area contributed by atoms with E-state index in [-0.39, 0.29) is 30.0 Å². The van der Waals surface area contributed by atoms with Crippen molar-refractivity contribution in [2.75, 3.05) is 20.2 Å². The van der Waals surface area contributed by atoms with Gasteiger partial charge in [0, 0.05) is 36.6 Å². The maximum absolute atomic E-state index is 13.8. The number of carbonyl (C=O) groups excluding carboxylic acids is 2. The second-order valence-electron chi connectivity index (χ2n) is 10.7. The summed E-state index contributed by atoms with van der Waals surface area (Å²) in [4.78, 5) is 30.4. The average Bonchev–Trinajstić information content (AvgIpc) is 3.38. The number of amides is 2. The van der Waals surface area contributed by atoms with Crippen LogP contribution in [0.1, 0.15) is 67.7 Å². The van der Waals surface area contributed by atoms with E-state index in [9.17, 15) is 22.8 Å². The Labute approximate surface area is 240 Å². The Kier molecular flexibility index (Phi) is 11.0. The van der Waals surface area contributed by atoms with Crippen LogP contribution in [0.3, 0.4) is 0 Å². The summed E-state index contributed by atoms with van der Waals surface area (Å²) in [5.41, 5.74) is 1.31. The molecule has 1 atom stereocenters. The second kappa shape index (κ2) is 14.2. The number of halogens is 3. The quantitative estimate of drug-likeness (QED) is 0.225. The van der Waals surface area contributed by atoms with Crippen LogP contribution in [0.5, 0.6) is 5.75 Å². The molecule has 0 spiro atoms. The number of hydrogen-bond donors (Lipinski definition) is 0. The molecule has 0 aliphatic carbocycles. The lowest BCUT2D eigenvalue weighted by molar-refractivity contribution is -0.137. The van der Waals surface area contributed by atoms with Crippen molar-refractivity contribution >= 4 is 11.8 Å². The molecule has 0 N–H and O–H groups in total. The lowest BCUT2D eigenvalue weighted by atomic mass is 10.1. The van der Waals surface area contributed by atoms with Gasteiger partial charge in [-0.1, -0.05) is 32.9 Å². The van der Waals surface area contributed by atoms with Gasteiger partial charge in [-0.05, 0) is 79.8 Å². The van der Waals surface area contributed by atoms with Crippen molar-refractivity contribution in [3.8, 4) is 5.75 Å². The van der Waals surface area contributed by atoms with E-state index in [1.807, 2.05) is 70.3 Å². The summed E-state index contributed by atoms with van der Waals surface area (Å²) < 4.78 is 46.6. The van der Waals surface area contributed by atoms with E-state index in [2.05, 4.69) is 4.57 Å².